The fourth-order valence-electron chi connectivity index (χ4n) is 0.953. The van der Waals surface area contributed by atoms with Gasteiger partial charge >= 0.3 is 6.03 Å². The third-order valence-electron chi connectivity index (χ3n) is 1.65. The lowest BCUT2D eigenvalue weighted by Gasteiger charge is -2.14. The quantitative estimate of drug-likeness (QED) is 0.630. The highest BCUT2D eigenvalue weighted by Gasteiger charge is 2.23. The normalized spacial score (nSPS) is 24.3. The highest BCUT2D eigenvalue weighted by molar-refractivity contribution is 7.94. The Labute approximate surface area is 77.3 Å². The van der Waals surface area contributed by atoms with Crippen molar-refractivity contribution in [3.8, 4) is 0 Å². The fourth-order valence-corrected chi connectivity index (χ4v) is 2.19. The number of sulfone groups is 1. The van der Waals surface area contributed by atoms with Crippen molar-refractivity contribution in [2.24, 2.45) is 0 Å². The summed E-state index contributed by atoms with van der Waals surface area (Å²) in [5.74, 6) is -0.0351. The standard InChI is InChI=1S/C7H12N2O3S/c1-9(2)7(10)8-6-3-4-13(11,12)5-6/h3-4,6H,5H2,1-2H3,(H,8,10)/t6-/m0/s1. The Kier molecular flexibility index (Phi) is 2.60. The van der Waals surface area contributed by atoms with Crippen molar-refractivity contribution in [2.45, 2.75) is 6.04 Å². The van der Waals surface area contributed by atoms with Crippen molar-refractivity contribution in [3.05, 3.63) is 11.5 Å². The van der Waals surface area contributed by atoms with Gasteiger partial charge in [0, 0.05) is 19.5 Å². The molecule has 0 aromatic carbocycles. The second-order valence-corrected chi connectivity index (χ2v) is 5.04. The Morgan fingerprint density at radius 1 is 1.54 bits per heavy atom. The Bertz CT molecular complexity index is 332. The SMILES string of the molecule is CN(C)C(=O)N[C@H]1C=CS(=O)(=O)C1. The van der Waals surface area contributed by atoms with E-state index in [4.69, 9.17) is 0 Å². The molecule has 1 rings (SSSR count). The molecule has 5 nitrogen and oxygen atoms in total. The van der Waals surface area contributed by atoms with Crippen LogP contribution in [0.4, 0.5) is 4.79 Å². The zero-order chi connectivity index (χ0) is 10.1. The largest absolute Gasteiger partial charge is 0.331 e. The minimum Gasteiger partial charge on any atom is -0.331 e. The molecule has 0 fully saturated rings. The number of urea groups is 1. The lowest BCUT2D eigenvalue weighted by molar-refractivity contribution is 0.216. The smallest absolute Gasteiger partial charge is 0.317 e. The molecule has 0 unspecified atom stereocenters. The van der Waals surface area contributed by atoms with Crippen LogP contribution in [0.15, 0.2) is 11.5 Å². The molecule has 2 amide bonds. The molecule has 0 saturated heterocycles. The third kappa shape index (κ3) is 2.73. The van der Waals surface area contributed by atoms with Gasteiger partial charge in [-0.1, -0.05) is 0 Å². The molecule has 0 spiro atoms. The van der Waals surface area contributed by atoms with E-state index in [0.29, 0.717) is 0 Å². The maximum Gasteiger partial charge on any atom is 0.317 e. The molecule has 1 N–H and O–H groups in total. The van der Waals surface area contributed by atoms with Gasteiger partial charge < -0.3 is 10.2 Å². The first-order chi connectivity index (χ1) is 5.91. The average Bonchev–Trinajstić information content (AvgIpc) is 2.30. The molecule has 1 aliphatic heterocycles. The summed E-state index contributed by atoms with van der Waals surface area (Å²) in [4.78, 5) is 12.5. The van der Waals surface area contributed by atoms with Crippen molar-refractivity contribution in [2.75, 3.05) is 19.8 Å². The molecule has 74 valence electrons. The number of carbonyl (C=O) groups is 1. The highest BCUT2D eigenvalue weighted by atomic mass is 32.2. The van der Waals surface area contributed by atoms with Crippen LogP contribution in [0.2, 0.25) is 0 Å². The van der Waals surface area contributed by atoms with Gasteiger partial charge in [-0.2, -0.15) is 0 Å². The summed E-state index contributed by atoms with van der Waals surface area (Å²) < 4.78 is 21.9. The van der Waals surface area contributed by atoms with Gasteiger partial charge in [-0.15, -0.1) is 0 Å². The Morgan fingerprint density at radius 3 is 2.54 bits per heavy atom. The van der Waals surface area contributed by atoms with E-state index in [0.717, 1.165) is 5.41 Å². The summed E-state index contributed by atoms with van der Waals surface area (Å²) in [6.07, 6.45) is 1.48. The number of amides is 2. The van der Waals surface area contributed by atoms with E-state index < -0.39 is 9.84 Å². The van der Waals surface area contributed by atoms with E-state index in [9.17, 15) is 13.2 Å². The van der Waals surface area contributed by atoms with Gasteiger partial charge in [0.15, 0.2) is 9.84 Å². The summed E-state index contributed by atoms with van der Waals surface area (Å²) in [6, 6.07) is -0.674. The van der Waals surface area contributed by atoms with Crippen LogP contribution in [-0.2, 0) is 9.84 Å². The van der Waals surface area contributed by atoms with E-state index in [1.54, 1.807) is 14.1 Å². The van der Waals surface area contributed by atoms with Crippen molar-refractivity contribution in [3.63, 3.8) is 0 Å². The Balaban J connectivity index is 2.52. The first-order valence-corrected chi connectivity index (χ1v) is 5.51. The molecule has 0 aromatic rings. The average molecular weight is 204 g/mol. The van der Waals surface area contributed by atoms with Crippen LogP contribution in [0, 0.1) is 0 Å². The topological polar surface area (TPSA) is 66.5 Å². The van der Waals surface area contributed by atoms with Gasteiger partial charge in [-0.3, -0.25) is 0 Å². The lowest BCUT2D eigenvalue weighted by atomic mass is 10.3. The lowest BCUT2D eigenvalue weighted by Crippen LogP contribution is -2.41. The zero-order valence-electron chi connectivity index (χ0n) is 7.52. The van der Waals surface area contributed by atoms with E-state index in [2.05, 4.69) is 5.32 Å². The summed E-state index contributed by atoms with van der Waals surface area (Å²) in [5, 5.41) is 3.69. The van der Waals surface area contributed by atoms with E-state index >= 15 is 0 Å². The molecule has 1 heterocycles. The van der Waals surface area contributed by atoms with E-state index in [1.807, 2.05) is 0 Å². The number of hydrogen-bond donors (Lipinski definition) is 1. The predicted octanol–water partition coefficient (Wildman–Crippen LogP) is -0.432. The Morgan fingerprint density at radius 2 is 2.15 bits per heavy atom. The van der Waals surface area contributed by atoms with Crippen molar-refractivity contribution < 1.29 is 13.2 Å². The molecule has 6 heteroatoms. The molecule has 0 radical (unpaired) electrons. The fraction of sp³-hybridized carbons (Fsp3) is 0.571. The molecule has 0 saturated carbocycles. The van der Waals surface area contributed by atoms with Crippen LogP contribution in [0.1, 0.15) is 0 Å². The monoisotopic (exact) mass is 204 g/mol. The molecule has 1 aliphatic rings. The first-order valence-electron chi connectivity index (χ1n) is 3.79. The van der Waals surface area contributed by atoms with E-state index in [1.165, 1.54) is 11.0 Å². The van der Waals surface area contributed by atoms with Crippen molar-refractivity contribution in [1.82, 2.24) is 10.2 Å². The number of hydrogen-bond acceptors (Lipinski definition) is 3. The molecular formula is C7H12N2O3S. The molecule has 1 atom stereocenters. The number of carbonyl (C=O) groups excluding carboxylic acids is 1. The second kappa shape index (κ2) is 3.37. The van der Waals surface area contributed by atoms with Gasteiger partial charge in [-0.25, -0.2) is 13.2 Å². The van der Waals surface area contributed by atoms with Crippen LogP contribution in [-0.4, -0.2) is 45.2 Å². The number of nitrogens with one attached hydrogen (secondary N) is 1. The van der Waals surface area contributed by atoms with Gasteiger partial charge in [0.25, 0.3) is 0 Å². The van der Waals surface area contributed by atoms with Crippen molar-refractivity contribution >= 4 is 15.9 Å². The summed E-state index contributed by atoms with van der Waals surface area (Å²) in [6.45, 7) is 0. The molecule has 0 aromatic heterocycles. The zero-order valence-corrected chi connectivity index (χ0v) is 8.34. The first kappa shape index (κ1) is 10.0. The second-order valence-electron chi connectivity index (χ2n) is 3.11. The van der Waals surface area contributed by atoms with Crippen LogP contribution in [0.5, 0.6) is 0 Å². The summed E-state index contributed by atoms with van der Waals surface area (Å²) in [5.41, 5.74) is 0. The highest BCUT2D eigenvalue weighted by Crippen LogP contribution is 2.07. The maximum absolute atomic E-state index is 11.1. The Hall–Kier alpha value is -1.04. The predicted molar refractivity (Wildman–Crippen MR) is 48.9 cm³/mol. The minimum atomic E-state index is -3.08. The summed E-state index contributed by atoms with van der Waals surface area (Å²) >= 11 is 0. The van der Waals surface area contributed by atoms with Gasteiger partial charge in [0.1, 0.15) is 0 Å². The minimum absolute atomic E-state index is 0.0351. The number of rotatable bonds is 1. The van der Waals surface area contributed by atoms with Crippen molar-refractivity contribution in [1.29, 1.82) is 0 Å². The molecule has 0 bridgehead atoms. The van der Waals surface area contributed by atoms with E-state index in [-0.39, 0.29) is 17.8 Å². The summed E-state index contributed by atoms with van der Waals surface area (Å²) in [7, 11) is 0.119. The molecule has 0 aliphatic carbocycles. The van der Waals surface area contributed by atoms with Crippen LogP contribution in [0.3, 0.4) is 0 Å². The third-order valence-corrected chi connectivity index (χ3v) is 3.04. The van der Waals surface area contributed by atoms with Crippen LogP contribution < -0.4 is 5.32 Å². The van der Waals surface area contributed by atoms with Crippen LogP contribution in [0.25, 0.3) is 0 Å². The molecule has 13 heavy (non-hydrogen) atoms. The van der Waals surface area contributed by atoms with Crippen LogP contribution >= 0.6 is 0 Å². The molecular weight excluding hydrogens is 192 g/mol. The van der Waals surface area contributed by atoms with Gasteiger partial charge in [0.05, 0.1) is 11.8 Å². The van der Waals surface area contributed by atoms with Gasteiger partial charge in [-0.05, 0) is 6.08 Å². The van der Waals surface area contributed by atoms with Gasteiger partial charge in [0.2, 0.25) is 0 Å². The number of nitrogens with zero attached hydrogens (tertiary/aromatic N) is 1. The maximum atomic E-state index is 11.1.